The van der Waals surface area contributed by atoms with Gasteiger partial charge in [-0.3, -0.25) is 14.9 Å². The van der Waals surface area contributed by atoms with Crippen LogP contribution in [0.2, 0.25) is 5.02 Å². The zero-order valence-electron chi connectivity index (χ0n) is 6.30. The van der Waals surface area contributed by atoms with E-state index in [1.807, 2.05) is 0 Å². The molecule has 1 aromatic rings. The highest BCUT2D eigenvalue weighted by atomic mass is 35.5. The molecule has 0 unspecified atom stereocenters. The minimum Gasteiger partial charge on any atom is -0.506 e. The third kappa shape index (κ3) is 0.990. The van der Waals surface area contributed by atoms with Crippen LogP contribution in [0, 0.1) is 0 Å². The van der Waals surface area contributed by atoms with E-state index in [1.165, 1.54) is 12.1 Å². The number of aromatic hydroxyl groups is 1. The van der Waals surface area contributed by atoms with Crippen LogP contribution in [0.25, 0.3) is 0 Å². The third-order valence-corrected chi connectivity index (χ3v) is 2.20. The standard InChI is InChI=1S/C8H4ClNO3/c9-6-4(11)2-1-3-5(6)8(13)10-7(3)12/h1-2,11H,(H,10,12,13). The van der Waals surface area contributed by atoms with Crippen molar-refractivity contribution >= 4 is 23.4 Å². The van der Waals surface area contributed by atoms with Gasteiger partial charge in [0.2, 0.25) is 0 Å². The number of halogens is 1. The van der Waals surface area contributed by atoms with Crippen LogP contribution in [-0.4, -0.2) is 16.9 Å². The van der Waals surface area contributed by atoms with E-state index in [2.05, 4.69) is 5.32 Å². The zero-order valence-corrected chi connectivity index (χ0v) is 7.05. The first-order valence-electron chi connectivity index (χ1n) is 3.48. The van der Waals surface area contributed by atoms with Crippen LogP contribution in [-0.2, 0) is 0 Å². The molecule has 66 valence electrons. The van der Waals surface area contributed by atoms with Gasteiger partial charge in [0.1, 0.15) is 5.75 Å². The molecule has 13 heavy (non-hydrogen) atoms. The Morgan fingerprint density at radius 2 is 1.92 bits per heavy atom. The lowest BCUT2D eigenvalue weighted by molar-refractivity contribution is 0.0879. The average Bonchev–Trinajstić information content (AvgIpc) is 2.35. The Balaban J connectivity index is 2.78. The van der Waals surface area contributed by atoms with Crippen LogP contribution < -0.4 is 5.32 Å². The predicted octanol–water partition coefficient (Wildman–Crippen LogP) is 0.929. The fraction of sp³-hybridized carbons (Fsp3) is 0. The summed E-state index contributed by atoms with van der Waals surface area (Å²) in [7, 11) is 0. The average molecular weight is 198 g/mol. The van der Waals surface area contributed by atoms with Gasteiger partial charge in [0.05, 0.1) is 16.1 Å². The summed E-state index contributed by atoms with van der Waals surface area (Å²) in [6.07, 6.45) is 0. The maximum atomic E-state index is 11.1. The van der Waals surface area contributed by atoms with E-state index >= 15 is 0 Å². The maximum Gasteiger partial charge on any atom is 0.260 e. The SMILES string of the molecule is O=C1NC(=O)c2c1ccc(O)c2Cl. The lowest BCUT2D eigenvalue weighted by atomic mass is 10.1. The van der Waals surface area contributed by atoms with Crippen LogP contribution in [0.5, 0.6) is 5.75 Å². The molecule has 0 fully saturated rings. The number of benzene rings is 1. The maximum absolute atomic E-state index is 11.1. The Bertz CT molecular complexity index is 428. The second-order valence-corrected chi connectivity index (χ2v) is 2.98. The highest BCUT2D eigenvalue weighted by Crippen LogP contribution is 2.31. The van der Waals surface area contributed by atoms with E-state index in [1.54, 1.807) is 0 Å². The molecule has 1 heterocycles. The fourth-order valence-electron chi connectivity index (χ4n) is 1.21. The van der Waals surface area contributed by atoms with Crippen LogP contribution in [0.4, 0.5) is 0 Å². The van der Waals surface area contributed by atoms with Crippen molar-refractivity contribution in [2.75, 3.05) is 0 Å². The molecule has 2 rings (SSSR count). The van der Waals surface area contributed by atoms with Crippen molar-refractivity contribution in [1.29, 1.82) is 0 Å². The molecular formula is C8H4ClNO3. The number of phenols is 1. The monoisotopic (exact) mass is 197 g/mol. The minimum atomic E-state index is -0.569. The number of hydrogen-bond donors (Lipinski definition) is 2. The number of imide groups is 1. The summed E-state index contributed by atoms with van der Waals surface area (Å²) in [5.74, 6) is -1.26. The summed E-state index contributed by atoms with van der Waals surface area (Å²) in [6, 6.07) is 2.64. The number of phenolic OH excluding ortho intramolecular Hbond substituents is 1. The Hall–Kier alpha value is -1.55. The van der Waals surface area contributed by atoms with Gasteiger partial charge in [0.25, 0.3) is 11.8 Å². The van der Waals surface area contributed by atoms with Crippen LogP contribution in [0.15, 0.2) is 12.1 Å². The molecule has 1 aliphatic rings. The van der Waals surface area contributed by atoms with Gasteiger partial charge >= 0.3 is 0 Å². The molecule has 0 saturated heterocycles. The van der Waals surface area contributed by atoms with Crippen molar-refractivity contribution < 1.29 is 14.7 Å². The summed E-state index contributed by atoms with van der Waals surface area (Å²) in [5.41, 5.74) is 0.250. The molecule has 0 spiro atoms. The Morgan fingerprint density at radius 1 is 1.23 bits per heavy atom. The summed E-state index contributed by atoms with van der Waals surface area (Å²) in [5, 5.41) is 11.2. The Kier molecular flexibility index (Phi) is 1.53. The highest BCUT2D eigenvalue weighted by Gasteiger charge is 2.30. The van der Waals surface area contributed by atoms with Gasteiger partial charge in [0, 0.05) is 0 Å². The number of hydrogen-bond acceptors (Lipinski definition) is 3. The summed E-state index contributed by atoms with van der Waals surface area (Å²) < 4.78 is 0. The summed E-state index contributed by atoms with van der Waals surface area (Å²) >= 11 is 5.64. The van der Waals surface area contributed by atoms with Gasteiger partial charge in [0.15, 0.2) is 0 Å². The van der Waals surface area contributed by atoms with Crippen molar-refractivity contribution in [3.8, 4) is 5.75 Å². The Morgan fingerprint density at radius 3 is 2.62 bits per heavy atom. The van der Waals surface area contributed by atoms with E-state index in [9.17, 15) is 9.59 Å². The van der Waals surface area contributed by atoms with Gasteiger partial charge in [-0.1, -0.05) is 11.6 Å². The lowest BCUT2D eigenvalue weighted by Gasteiger charge is -1.99. The van der Waals surface area contributed by atoms with Crippen molar-refractivity contribution in [3.63, 3.8) is 0 Å². The van der Waals surface area contributed by atoms with Crippen LogP contribution >= 0.6 is 11.6 Å². The van der Waals surface area contributed by atoms with Crippen molar-refractivity contribution in [2.24, 2.45) is 0 Å². The second-order valence-electron chi connectivity index (χ2n) is 2.60. The number of rotatable bonds is 0. The van der Waals surface area contributed by atoms with Gasteiger partial charge in [-0.2, -0.15) is 0 Å². The third-order valence-electron chi connectivity index (χ3n) is 1.82. The largest absolute Gasteiger partial charge is 0.506 e. The topological polar surface area (TPSA) is 66.4 Å². The molecule has 1 aliphatic heterocycles. The molecular weight excluding hydrogens is 194 g/mol. The summed E-state index contributed by atoms with van der Waals surface area (Å²) in [4.78, 5) is 22.2. The highest BCUT2D eigenvalue weighted by molar-refractivity contribution is 6.38. The van der Waals surface area contributed by atoms with E-state index in [0.717, 1.165) is 0 Å². The number of amides is 2. The van der Waals surface area contributed by atoms with Crippen molar-refractivity contribution in [2.45, 2.75) is 0 Å². The second kappa shape index (κ2) is 2.47. The van der Waals surface area contributed by atoms with Gasteiger partial charge in [-0.05, 0) is 12.1 Å². The van der Waals surface area contributed by atoms with E-state index < -0.39 is 11.8 Å². The quantitative estimate of drug-likeness (QED) is 0.608. The molecule has 2 amide bonds. The number of carbonyl (C=O) groups is 2. The van der Waals surface area contributed by atoms with Crippen molar-refractivity contribution in [1.82, 2.24) is 5.32 Å². The van der Waals surface area contributed by atoms with Crippen molar-refractivity contribution in [3.05, 3.63) is 28.3 Å². The molecule has 4 nitrogen and oxygen atoms in total. The number of carbonyl (C=O) groups excluding carboxylic acids is 2. The molecule has 0 saturated carbocycles. The summed E-state index contributed by atoms with van der Waals surface area (Å²) in [6.45, 7) is 0. The lowest BCUT2D eigenvalue weighted by Crippen LogP contribution is -2.19. The molecule has 0 radical (unpaired) electrons. The fourth-order valence-corrected chi connectivity index (χ4v) is 1.46. The van der Waals surface area contributed by atoms with E-state index in [-0.39, 0.29) is 21.9 Å². The first-order valence-corrected chi connectivity index (χ1v) is 3.86. The molecule has 0 atom stereocenters. The van der Waals surface area contributed by atoms with Gasteiger partial charge in [-0.15, -0.1) is 0 Å². The smallest absolute Gasteiger partial charge is 0.260 e. The molecule has 2 N–H and O–H groups in total. The van der Waals surface area contributed by atoms with Crippen LogP contribution in [0.1, 0.15) is 20.7 Å². The van der Waals surface area contributed by atoms with E-state index in [4.69, 9.17) is 16.7 Å². The van der Waals surface area contributed by atoms with Crippen LogP contribution in [0.3, 0.4) is 0 Å². The molecule has 5 heteroatoms. The molecule has 0 aliphatic carbocycles. The molecule has 0 aromatic heterocycles. The minimum absolute atomic E-state index is 0.0478. The van der Waals surface area contributed by atoms with Gasteiger partial charge in [-0.25, -0.2) is 0 Å². The molecule has 1 aromatic carbocycles. The number of fused-ring (bicyclic) bond motifs is 1. The zero-order chi connectivity index (χ0) is 9.59. The molecule has 0 bridgehead atoms. The first kappa shape index (κ1) is 8.07. The first-order chi connectivity index (χ1) is 6.11. The predicted molar refractivity (Wildman–Crippen MR) is 44.9 cm³/mol. The normalized spacial score (nSPS) is 14.2. The van der Waals surface area contributed by atoms with E-state index in [0.29, 0.717) is 0 Å². The number of nitrogens with one attached hydrogen (secondary N) is 1. The van der Waals surface area contributed by atoms with Gasteiger partial charge < -0.3 is 5.11 Å². The Labute approximate surface area is 78.1 Å².